The third-order valence-electron chi connectivity index (χ3n) is 0.894. The van der Waals surface area contributed by atoms with E-state index < -0.39 is 0 Å². The molecule has 0 unspecified atom stereocenters. The van der Waals surface area contributed by atoms with Gasteiger partial charge in [-0.2, -0.15) is 0 Å². The monoisotopic (exact) mass is 148 g/mol. The molecule has 0 bridgehead atoms. The van der Waals surface area contributed by atoms with Gasteiger partial charge in [0.25, 0.3) is 6.47 Å². The molecule has 0 aliphatic rings. The van der Waals surface area contributed by atoms with Crippen LogP contribution in [0.15, 0.2) is 0 Å². The molecule has 3 heteroatoms. The molecule has 62 valence electrons. The zero-order valence-electron chi connectivity index (χ0n) is 7.29. The highest BCUT2D eigenvalue weighted by Gasteiger charge is 2.01. The minimum atomic E-state index is -0.250. The summed E-state index contributed by atoms with van der Waals surface area (Å²) in [5, 5.41) is 6.89. The van der Waals surface area contributed by atoms with Crippen molar-refractivity contribution in [1.82, 2.24) is 0 Å². The van der Waals surface area contributed by atoms with Crippen LogP contribution in [0.4, 0.5) is 0 Å². The van der Waals surface area contributed by atoms with E-state index in [0.29, 0.717) is 0 Å². The number of hydrogen-bond donors (Lipinski definition) is 1. The van der Waals surface area contributed by atoms with Crippen LogP contribution in [0.2, 0.25) is 0 Å². The summed E-state index contributed by atoms with van der Waals surface area (Å²) in [5.41, 5.74) is 0. The third-order valence-corrected chi connectivity index (χ3v) is 0.894. The van der Waals surface area contributed by atoms with Crippen molar-refractivity contribution in [2.45, 2.75) is 13.3 Å². The summed E-state index contributed by atoms with van der Waals surface area (Å²) in [6.45, 7) is 3.24. The topological polar surface area (TPSA) is 37.3 Å². The zero-order valence-corrected chi connectivity index (χ0v) is 7.29. The number of quaternary nitrogens is 1. The van der Waals surface area contributed by atoms with Crippen LogP contribution in [0.3, 0.4) is 0 Å². The Kier molecular flexibility index (Phi) is 7.95. The van der Waals surface area contributed by atoms with E-state index in [2.05, 4.69) is 28.1 Å². The van der Waals surface area contributed by atoms with Crippen LogP contribution < -0.4 is 0 Å². The molecule has 0 amide bonds. The molecule has 0 aliphatic heterocycles. The van der Waals surface area contributed by atoms with Crippen LogP contribution in [0.5, 0.6) is 0 Å². The molecule has 0 fully saturated rings. The fourth-order valence-corrected chi connectivity index (χ4v) is 0.671. The SMILES string of the molecule is CCC[N+](C)(C)C.O=CO. The van der Waals surface area contributed by atoms with Crippen molar-refractivity contribution in [3.63, 3.8) is 0 Å². The van der Waals surface area contributed by atoms with Crippen LogP contribution in [-0.4, -0.2) is 43.7 Å². The molecular formula is C7H18NO2+. The predicted molar refractivity (Wildman–Crippen MR) is 41.9 cm³/mol. The first-order chi connectivity index (χ1) is 4.47. The molecule has 0 saturated carbocycles. The van der Waals surface area contributed by atoms with E-state index >= 15 is 0 Å². The second-order valence-electron chi connectivity index (χ2n) is 3.12. The van der Waals surface area contributed by atoms with E-state index in [0.717, 1.165) is 4.48 Å². The van der Waals surface area contributed by atoms with E-state index in [1.54, 1.807) is 0 Å². The smallest absolute Gasteiger partial charge is 0.290 e. The Morgan fingerprint density at radius 2 is 1.70 bits per heavy atom. The average Bonchev–Trinajstić information content (AvgIpc) is 1.63. The van der Waals surface area contributed by atoms with Crippen molar-refractivity contribution >= 4 is 6.47 Å². The Balaban J connectivity index is 0. The van der Waals surface area contributed by atoms with Gasteiger partial charge in [0, 0.05) is 0 Å². The van der Waals surface area contributed by atoms with Gasteiger partial charge in [0.05, 0.1) is 27.7 Å². The zero-order chi connectivity index (χ0) is 8.62. The summed E-state index contributed by atoms with van der Waals surface area (Å²) in [4.78, 5) is 8.36. The first-order valence-electron chi connectivity index (χ1n) is 3.36. The summed E-state index contributed by atoms with van der Waals surface area (Å²) < 4.78 is 1.09. The first kappa shape index (κ1) is 12.1. The molecule has 0 aromatic rings. The number of carboxylic acid groups (broad SMARTS) is 1. The van der Waals surface area contributed by atoms with Gasteiger partial charge in [-0.3, -0.25) is 4.79 Å². The van der Waals surface area contributed by atoms with Crippen molar-refractivity contribution < 1.29 is 14.4 Å². The molecule has 0 aromatic heterocycles. The molecule has 0 heterocycles. The van der Waals surface area contributed by atoms with E-state index in [1.807, 2.05) is 0 Å². The Morgan fingerprint density at radius 3 is 1.70 bits per heavy atom. The van der Waals surface area contributed by atoms with Crippen molar-refractivity contribution in [2.24, 2.45) is 0 Å². The molecule has 0 spiro atoms. The highest BCUT2D eigenvalue weighted by atomic mass is 16.3. The standard InChI is InChI=1S/C6H16N.CH2O2/c1-5-6-7(2,3)4;2-1-3/h5-6H2,1-4H3;1H,(H,2,3)/q+1;. The molecule has 1 N–H and O–H groups in total. The van der Waals surface area contributed by atoms with Gasteiger partial charge < -0.3 is 9.59 Å². The van der Waals surface area contributed by atoms with Crippen LogP contribution in [0, 0.1) is 0 Å². The lowest BCUT2D eigenvalue weighted by Gasteiger charge is -2.22. The highest BCUT2D eigenvalue weighted by molar-refractivity contribution is 5.32. The Labute approximate surface area is 62.9 Å². The Morgan fingerprint density at radius 1 is 1.40 bits per heavy atom. The fraction of sp³-hybridized carbons (Fsp3) is 0.857. The summed E-state index contributed by atoms with van der Waals surface area (Å²) >= 11 is 0. The Bertz CT molecular complexity index is 76.2. The van der Waals surface area contributed by atoms with Gasteiger partial charge in [-0.15, -0.1) is 0 Å². The van der Waals surface area contributed by atoms with E-state index in [4.69, 9.17) is 9.90 Å². The van der Waals surface area contributed by atoms with Gasteiger partial charge in [-0.1, -0.05) is 6.92 Å². The minimum Gasteiger partial charge on any atom is -0.483 e. The minimum absolute atomic E-state index is 0.250. The molecule has 10 heavy (non-hydrogen) atoms. The number of nitrogens with zero attached hydrogens (tertiary/aromatic N) is 1. The van der Waals surface area contributed by atoms with Gasteiger partial charge in [0.1, 0.15) is 0 Å². The summed E-state index contributed by atoms with van der Waals surface area (Å²) in [5.74, 6) is 0. The molecule has 0 saturated heterocycles. The Hall–Kier alpha value is -0.570. The molecule has 0 atom stereocenters. The molecule has 0 rings (SSSR count). The van der Waals surface area contributed by atoms with Crippen molar-refractivity contribution in [3.8, 4) is 0 Å². The lowest BCUT2D eigenvalue weighted by atomic mass is 10.4. The van der Waals surface area contributed by atoms with Gasteiger partial charge in [0.15, 0.2) is 0 Å². The lowest BCUT2D eigenvalue weighted by Crippen LogP contribution is -2.34. The maximum atomic E-state index is 8.36. The quantitative estimate of drug-likeness (QED) is 0.464. The maximum Gasteiger partial charge on any atom is 0.290 e. The first-order valence-corrected chi connectivity index (χ1v) is 3.36. The summed E-state index contributed by atoms with van der Waals surface area (Å²) in [6, 6.07) is 0. The molecule has 0 aromatic carbocycles. The van der Waals surface area contributed by atoms with Crippen LogP contribution in [-0.2, 0) is 4.79 Å². The number of rotatable bonds is 2. The van der Waals surface area contributed by atoms with Crippen LogP contribution in [0.25, 0.3) is 0 Å². The molecular weight excluding hydrogens is 130 g/mol. The van der Waals surface area contributed by atoms with Gasteiger partial charge in [-0.25, -0.2) is 0 Å². The van der Waals surface area contributed by atoms with Gasteiger partial charge in [-0.05, 0) is 6.42 Å². The van der Waals surface area contributed by atoms with Crippen molar-refractivity contribution in [1.29, 1.82) is 0 Å². The van der Waals surface area contributed by atoms with E-state index in [9.17, 15) is 0 Å². The van der Waals surface area contributed by atoms with Crippen LogP contribution >= 0.6 is 0 Å². The molecule has 0 aliphatic carbocycles. The molecule has 3 nitrogen and oxygen atoms in total. The normalized spacial score (nSPS) is 9.60. The largest absolute Gasteiger partial charge is 0.483 e. The van der Waals surface area contributed by atoms with Crippen LogP contribution in [0.1, 0.15) is 13.3 Å². The molecule has 0 radical (unpaired) electrons. The summed E-state index contributed by atoms with van der Waals surface area (Å²) in [7, 11) is 6.64. The van der Waals surface area contributed by atoms with Gasteiger partial charge >= 0.3 is 0 Å². The average molecular weight is 148 g/mol. The van der Waals surface area contributed by atoms with Gasteiger partial charge in [0.2, 0.25) is 0 Å². The second-order valence-corrected chi connectivity index (χ2v) is 3.12. The van der Waals surface area contributed by atoms with E-state index in [1.165, 1.54) is 13.0 Å². The summed E-state index contributed by atoms with van der Waals surface area (Å²) in [6.07, 6.45) is 1.28. The lowest BCUT2D eigenvalue weighted by molar-refractivity contribution is -0.870. The number of carbonyl (C=O) groups is 1. The maximum absolute atomic E-state index is 8.36. The second kappa shape index (κ2) is 6.55. The van der Waals surface area contributed by atoms with Crippen molar-refractivity contribution in [3.05, 3.63) is 0 Å². The highest BCUT2D eigenvalue weighted by Crippen LogP contribution is 1.90. The number of hydrogen-bond acceptors (Lipinski definition) is 1. The van der Waals surface area contributed by atoms with E-state index in [-0.39, 0.29) is 6.47 Å². The predicted octanol–water partition coefficient (Wildman–Crippen LogP) is 0.803. The third kappa shape index (κ3) is 26.1. The fourth-order valence-electron chi connectivity index (χ4n) is 0.671. The van der Waals surface area contributed by atoms with Crippen molar-refractivity contribution in [2.75, 3.05) is 27.7 Å².